The number of hydrogen-bond donors (Lipinski definition) is 1. The fourth-order valence-corrected chi connectivity index (χ4v) is 6.31. The first kappa shape index (κ1) is 21.3. The minimum atomic E-state index is -0.954. The third kappa shape index (κ3) is 2.96. The van der Waals surface area contributed by atoms with Gasteiger partial charge in [0.2, 0.25) is 5.91 Å². The Morgan fingerprint density at radius 2 is 2.06 bits per heavy atom. The number of hydrazone groups is 1. The van der Waals surface area contributed by atoms with Crippen LogP contribution in [0.1, 0.15) is 25.3 Å². The molecule has 1 aromatic carbocycles. The van der Waals surface area contributed by atoms with Crippen molar-refractivity contribution in [3.8, 4) is 0 Å². The maximum absolute atomic E-state index is 14.0. The van der Waals surface area contributed by atoms with Crippen LogP contribution >= 0.6 is 23.2 Å². The predicted molar refractivity (Wildman–Crippen MR) is 127 cm³/mol. The molecule has 1 saturated heterocycles. The van der Waals surface area contributed by atoms with Crippen LogP contribution in [0, 0.1) is 11.8 Å². The molecule has 1 unspecified atom stereocenters. The summed E-state index contributed by atoms with van der Waals surface area (Å²) >= 11 is 12.7. The van der Waals surface area contributed by atoms with Gasteiger partial charge in [0, 0.05) is 29.2 Å². The van der Waals surface area contributed by atoms with E-state index in [1.165, 1.54) is 5.01 Å². The first-order valence-electron chi connectivity index (χ1n) is 10.6. The highest BCUT2D eigenvalue weighted by molar-refractivity contribution is 6.31. The molecule has 1 spiro atoms. The number of benzene rings is 1. The maximum Gasteiger partial charge on any atom is 0.262 e. The fourth-order valence-electron chi connectivity index (χ4n) is 5.88. The standard InChI is InChI=1S/C24H24Cl2N4O2/c1-13(2)22-24(17-8-7-16(26)10-19(17)27-23(24)32)18(14-5-4-6-15(25)9-14)11-20-28-29(3)21(31)12-30(20)22/h4-8,10,14,18,22H,1,9,11-12H2,2-3H3,(H,27,32)/t14?,18-,22+,24-/m0/s1. The van der Waals surface area contributed by atoms with Gasteiger partial charge in [0.1, 0.15) is 17.8 Å². The van der Waals surface area contributed by atoms with Crippen LogP contribution in [-0.2, 0) is 15.0 Å². The molecule has 3 heterocycles. The van der Waals surface area contributed by atoms with Crippen molar-refractivity contribution < 1.29 is 9.59 Å². The number of amides is 2. The van der Waals surface area contributed by atoms with Gasteiger partial charge in [-0.05, 0) is 49.0 Å². The van der Waals surface area contributed by atoms with Crippen LogP contribution in [0.15, 0.2) is 58.7 Å². The van der Waals surface area contributed by atoms with Crippen molar-refractivity contribution in [3.05, 3.63) is 64.2 Å². The number of allylic oxidation sites excluding steroid dienone is 4. The molecule has 1 aromatic rings. The van der Waals surface area contributed by atoms with E-state index in [1.807, 2.05) is 36.1 Å². The van der Waals surface area contributed by atoms with Crippen molar-refractivity contribution in [2.45, 2.75) is 31.2 Å². The topological polar surface area (TPSA) is 65.0 Å². The molecule has 1 aliphatic carbocycles. The van der Waals surface area contributed by atoms with Gasteiger partial charge < -0.3 is 10.2 Å². The number of carbonyl (C=O) groups excluding carboxylic acids is 2. The number of likely N-dealkylation sites (N-methyl/N-ethyl adjacent to an activating group) is 1. The molecule has 166 valence electrons. The molecule has 0 saturated carbocycles. The van der Waals surface area contributed by atoms with Crippen LogP contribution < -0.4 is 5.32 Å². The Bertz CT molecular complexity index is 1140. The number of anilines is 1. The second-order valence-corrected chi connectivity index (χ2v) is 9.92. The van der Waals surface area contributed by atoms with Crippen molar-refractivity contribution >= 4 is 46.5 Å². The maximum atomic E-state index is 14.0. The summed E-state index contributed by atoms with van der Waals surface area (Å²) in [6.45, 7) is 6.34. The molecular formula is C24H24Cl2N4O2. The zero-order valence-electron chi connectivity index (χ0n) is 17.9. The summed E-state index contributed by atoms with van der Waals surface area (Å²) in [5, 5.41) is 10.4. The van der Waals surface area contributed by atoms with Crippen molar-refractivity contribution in [1.29, 1.82) is 0 Å². The second kappa shape index (κ2) is 7.49. The van der Waals surface area contributed by atoms with E-state index in [0.29, 0.717) is 23.6 Å². The summed E-state index contributed by atoms with van der Waals surface area (Å²) in [5.74, 6) is 0.464. The Kier molecular flexibility index (Phi) is 4.98. The van der Waals surface area contributed by atoms with E-state index in [2.05, 4.69) is 23.1 Å². The molecule has 2 amide bonds. The molecule has 0 radical (unpaired) electrons. The van der Waals surface area contributed by atoms with Gasteiger partial charge in [-0.2, -0.15) is 5.10 Å². The summed E-state index contributed by atoms with van der Waals surface area (Å²) < 4.78 is 0. The molecule has 32 heavy (non-hydrogen) atoms. The lowest BCUT2D eigenvalue weighted by molar-refractivity contribution is -0.135. The molecule has 6 nitrogen and oxygen atoms in total. The van der Waals surface area contributed by atoms with E-state index in [1.54, 1.807) is 13.1 Å². The molecule has 8 heteroatoms. The highest BCUT2D eigenvalue weighted by Crippen LogP contribution is 2.56. The lowest BCUT2D eigenvalue weighted by Gasteiger charge is -2.55. The highest BCUT2D eigenvalue weighted by Gasteiger charge is 2.64. The van der Waals surface area contributed by atoms with E-state index in [0.717, 1.165) is 22.0 Å². The number of carbonyl (C=O) groups is 2. The Hall–Kier alpha value is -2.57. The third-order valence-corrected chi connectivity index (χ3v) is 7.61. The quantitative estimate of drug-likeness (QED) is 0.655. The Labute approximate surface area is 197 Å². The molecule has 4 atom stereocenters. The first-order chi connectivity index (χ1) is 15.2. The zero-order valence-corrected chi connectivity index (χ0v) is 19.5. The van der Waals surface area contributed by atoms with Crippen molar-refractivity contribution in [2.75, 3.05) is 18.9 Å². The molecule has 1 fully saturated rings. The third-order valence-electron chi connectivity index (χ3n) is 7.09. The smallest absolute Gasteiger partial charge is 0.262 e. The normalized spacial score (nSPS) is 31.2. The van der Waals surface area contributed by atoms with Crippen LogP contribution in [-0.4, -0.2) is 47.2 Å². The number of nitrogens with one attached hydrogen (secondary N) is 1. The monoisotopic (exact) mass is 470 g/mol. The molecule has 1 N–H and O–H groups in total. The number of rotatable bonds is 2. The van der Waals surface area contributed by atoms with Gasteiger partial charge in [-0.1, -0.05) is 53.6 Å². The van der Waals surface area contributed by atoms with Crippen LogP contribution in [0.5, 0.6) is 0 Å². The lowest BCUT2D eigenvalue weighted by atomic mass is 9.56. The van der Waals surface area contributed by atoms with Crippen LogP contribution in [0.4, 0.5) is 5.69 Å². The number of amidine groups is 1. The van der Waals surface area contributed by atoms with E-state index >= 15 is 0 Å². The zero-order chi connectivity index (χ0) is 22.8. The molecule has 0 bridgehead atoms. The first-order valence-corrected chi connectivity index (χ1v) is 11.4. The average molecular weight is 471 g/mol. The number of hydrogen-bond acceptors (Lipinski definition) is 4. The van der Waals surface area contributed by atoms with Gasteiger partial charge in [0.05, 0.1) is 6.04 Å². The summed E-state index contributed by atoms with van der Waals surface area (Å²) in [4.78, 5) is 28.5. The van der Waals surface area contributed by atoms with Crippen LogP contribution in [0.2, 0.25) is 5.02 Å². The minimum absolute atomic E-state index is 0.0227. The van der Waals surface area contributed by atoms with Crippen LogP contribution in [0.3, 0.4) is 0 Å². The molecule has 5 rings (SSSR count). The number of nitrogens with zero attached hydrogens (tertiary/aromatic N) is 3. The van der Waals surface area contributed by atoms with Crippen LogP contribution in [0.25, 0.3) is 0 Å². The average Bonchev–Trinajstić information content (AvgIpc) is 3.00. The fraction of sp³-hybridized carbons (Fsp3) is 0.375. The molecule has 0 aromatic heterocycles. The van der Waals surface area contributed by atoms with Gasteiger partial charge in [-0.15, -0.1) is 0 Å². The van der Waals surface area contributed by atoms with E-state index in [-0.39, 0.29) is 30.2 Å². The summed E-state index contributed by atoms with van der Waals surface area (Å²) in [6.07, 6.45) is 7.16. The largest absolute Gasteiger partial charge is 0.341 e. The Balaban J connectivity index is 1.76. The molecule has 3 aliphatic heterocycles. The van der Waals surface area contributed by atoms with Gasteiger partial charge in [-0.3, -0.25) is 9.59 Å². The summed E-state index contributed by atoms with van der Waals surface area (Å²) in [7, 11) is 1.67. The summed E-state index contributed by atoms with van der Waals surface area (Å²) in [5.41, 5.74) is 1.44. The minimum Gasteiger partial charge on any atom is -0.341 e. The Morgan fingerprint density at radius 3 is 2.78 bits per heavy atom. The van der Waals surface area contributed by atoms with Crippen molar-refractivity contribution in [2.24, 2.45) is 16.9 Å². The van der Waals surface area contributed by atoms with Gasteiger partial charge in [0.25, 0.3) is 5.91 Å². The number of piperidine rings is 1. The SMILES string of the molecule is C=C(C)[C@H]1N2CC(=O)N(C)N=C2C[C@@H](C2C=CC=C(Cl)C2)[C@]12C(=O)Nc1cc(Cl)ccc12. The van der Waals surface area contributed by atoms with E-state index in [9.17, 15) is 9.59 Å². The van der Waals surface area contributed by atoms with Gasteiger partial charge in [0.15, 0.2) is 0 Å². The van der Waals surface area contributed by atoms with Crippen molar-refractivity contribution in [1.82, 2.24) is 9.91 Å². The van der Waals surface area contributed by atoms with E-state index in [4.69, 9.17) is 23.2 Å². The number of halogens is 2. The Morgan fingerprint density at radius 1 is 1.28 bits per heavy atom. The van der Waals surface area contributed by atoms with Crippen molar-refractivity contribution in [3.63, 3.8) is 0 Å². The van der Waals surface area contributed by atoms with Gasteiger partial charge >= 0.3 is 0 Å². The summed E-state index contributed by atoms with van der Waals surface area (Å²) in [6, 6.07) is 5.11. The van der Waals surface area contributed by atoms with E-state index < -0.39 is 11.5 Å². The van der Waals surface area contributed by atoms with Gasteiger partial charge in [-0.25, -0.2) is 5.01 Å². The lowest BCUT2D eigenvalue weighted by Crippen LogP contribution is -2.68. The predicted octanol–water partition coefficient (Wildman–Crippen LogP) is 4.28. The molecular weight excluding hydrogens is 447 g/mol. The number of fused-ring (bicyclic) bond motifs is 3. The second-order valence-electron chi connectivity index (χ2n) is 9.00. The molecule has 4 aliphatic rings. The highest BCUT2D eigenvalue weighted by atomic mass is 35.5.